The summed E-state index contributed by atoms with van der Waals surface area (Å²) in [7, 11) is 1.61. The first-order valence-corrected chi connectivity index (χ1v) is 8.64. The number of methoxy groups -OCH3 is 1. The lowest BCUT2D eigenvalue weighted by molar-refractivity contribution is -0.116. The van der Waals surface area contributed by atoms with Crippen LogP contribution in [-0.2, 0) is 11.3 Å². The molecule has 0 unspecified atom stereocenters. The van der Waals surface area contributed by atoms with Gasteiger partial charge in [-0.1, -0.05) is 30.3 Å². The number of carbonyl (C=O) groups is 2. The molecular weight excluding hydrogens is 328 g/mol. The minimum absolute atomic E-state index is 0.0439. The lowest BCUT2D eigenvalue weighted by Gasteiger charge is -2.08. The van der Waals surface area contributed by atoms with E-state index in [0.717, 1.165) is 29.7 Å². The Kier molecular flexibility index (Phi) is 5.69. The van der Waals surface area contributed by atoms with Crippen LogP contribution in [0.25, 0.3) is 6.08 Å². The number of hydrogen-bond acceptors (Lipinski definition) is 3. The van der Waals surface area contributed by atoms with Crippen LogP contribution in [-0.4, -0.2) is 25.0 Å². The van der Waals surface area contributed by atoms with Crippen molar-refractivity contribution in [3.63, 3.8) is 0 Å². The molecule has 3 rings (SSSR count). The van der Waals surface area contributed by atoms with Gasteiger partial charge in [-0.2, -0.15) is 0 Å². The summed E-state index contributed by atoms with van der Waals surface area (Å²) in [6.45, 7) is 0.396. The average molecular weight is 350 g/mol. The molecule has 134 valence electrons. The molecule has 2 N–H and O–H groups in total. The zero-order valence-electron chi connectivity index (χ0n) is 14.7. The van der Waals surface area contributed by atoms with E-state index in [0.29, 0.717) is 18.2 Å². The van der Waals surface area contributed by atoms with E-state index < -0.39 is 0 Å². The van der Waals surface area contributed by atoms with Crippen molar-refractivity contribution in [3.05, 3.63) is 71.3 Å². The van der Waals surface area contributed by atoms with Crippen LogP contribution in [0.1, 0.15) is 34.3 Å². The quantitative estimate of drug-likeness (QED) is 0.755. The monoisotopic (exact) mass is 350 g/mol. The van der Waals surface area contributed by atoms with E-state index in [4.69, 9.17) is 4.74 Å². The van der Waals surface area contributed by atoms with Gasteiger partial charge in [-0.3, -0.25) is 9.59 Å². The Morgan fingerprint density at radius 3 is 2.54 bits per heavy atom. The van der Waals surface area contributed by atoms with Crippen molar-refractivity contribution in [2.45, 2.75) is 25.4 Å². The minimum atomic E-state index is -0.188. The Bertz CT molecular complexity index is 808. The van der Waals surface area contributed by atoms with Crippen molar-refractivity contribution < 1.29 is 14.3 Å². The second kappa shape index (κ2) is 8.34. The molecule has 0 atom stereocenters. The van der Waals surface area contributed by atoms with Crippen molar-refractivity contribution in [3.8, 4) is 5.75 Å². The molecule has 0 heterocycles. The van der Waals surface area contributed by atoms with Crippen LogP contribution < -0.4 is 15.4 Å². The maximum absolute atomic E-state index is 12.0. The third kappa shape index (κ3) is 4.96. The lowest BCUT2D eigenvalue weighted by atomic mass is 10.1. The molecule has 0 spiro atoms. The van der Waals surface area contributed by atoms with Gasteiger partial charge in [0.1, 0.15) is 5.75 Å². The predicted molar refractivity (Wildman–Crippen MR) is 101 cm³/mol. The number of rotatable bonds is 7. The van der Waals surface area contributed by atoms with E-state index in [-0.39, 0.29) is 11.8 Å². The van der Waals surface area contributed by atoms with E-state index in [2.05, 4.69) is 10.6 Å². The smallest absolute Gasteiger partial charge is 0.251 e. The molecule has 2 amide bonds. The molecule has 0 bridgehead atoms. The number of hydrogen-bond donors (Lipinski definition) is 2. The van der Waals surface area contributed by atoms with Gasteiger partial charge < -0.3 is 15.4 Å². The molecule has 2 aromatic rings. The van der Waals surface area contributed by atoms with Crippen LogP contribution in [0.3, 0.4) is 0 Å². The maximum Gasteiger partial charge on any atom is 0.251 e. The number of amides is 2. The molecule has 2 aromatic carbocycles. The molecular formula is C21H22N2O3. The van der Waals surface area contributed by atoms with Gasteiger partial charge in [-0.15, -0.1) is 0 Å². The van der Waals surface area contributed by atoms with Gasteiger partial charge in [-0.25, -0.2) is 0 Å². The van der Waals surface area contributed by atoms with Gasteiger partial charge >= 0.3 is 0 Å². The van der Waals surface area contributed by atoms with Crippen molar-refractivity contribution in [1.82, 2.24) is 10.6 Å². The second-order valence-electron chi connectivity index (χ2n) is 6.23. The Balaban J connectivity index is 1.52. The van der Waals surface area contributed by atoms with Crippen LogP contribution in [0.15, 0.2) is 54.6 Å². The normalized spacial score (nSPS) is 13.4. The molecule has 0 aromatic heterocycles. The largest absolute Gasteiger partial charge is 0.496 e. The van der Waals surface area contributed by atoms with E-state index in [9.17, 15) is 9.59 Å². The van der Waals surface area contributed by atoms with Gasteiger partial charge in [-0.05, 0) is 42.7 Å². The third-order valence-electron chi connectivity index (χ3n) is 4.16. The molecule has 0 radical (unpaired) electrons. The summed E-state index contributed by atoms with van der Waals surface area (Å²) in [4.78, 5) is 23.9. The van der Waals surface area contributed by atoms with Crippen LogP contribution >= 0.6 is 0 Å². The van der Waals surface area contributed by atoms with Crippen molar-refractivity contribution in [2.75, 3.05) is 7.11 Å². The first-order chi connectivity index (χ1) is 12.7. The highest BCUT2D eigenvalue weighted by atomic mass is 16.5. The molecule has 0 saturated heterocycles. The summed E-state index contributed by atoms with van der Waals surface area (Å²) < 4.78 is 5.26. The van der Waals surface area contributed by atoms with Gasteiger partial charge in [0.05, 0.1) is 7.11 Å². The first kappa shape index (κ1) is 17.7. The lowest BCUT2D eigenvalue weighted by Crippen LogP contribution is -2.25. The number of para-hydroxylation sites is 1. The Morgan fingerprint density at radius 1 is 1.12 bits per heavy atom. The van der Waals surface area contributed by atoms with Gasteiger partial charge in [0.25, 0.3) is 5.91 Å². The average Bonchev–Trinajstić information content (AvgIpc) is 3.49. The summed E-state index contributed by atoms with van der Waals surface area (Å²) in [6, 6.07) is 15.1. The number of ether oxygens (including phenoxy) is 1. The number of nitrogens with one attached hydrogen (secondary N) is 2. The van der Waals surface area contributed by atoms with Crippen molar-refractivity contribution >= 4 is 17.9 Å². The topological polar surface area (TPSA) is 67.4 Å². The maximum atomic E-state index is 12.0. The minimum Gasteiger partial charge on any atom is -0.496 e. The third-order valence-corrected chi connectivity index (χ3v) is 4.16. The molecule has 1 fully saturated rings. The predicted octanol–water partition coefficient (Wildman–Crippen LogP) is 2.92. The summed E-state index contributed by atoms with van der Waals surface area (Å²) in [5, 5.41) is 5.78. The molecule has 1 aliphatic rings. The summed E-state index contributed by atoms with van der Waals surface area (Å²) >= 11 is 0. The fourth-order valence-corrected chi connectivity index (χ4v) is 2.50. The molecule has 5 heteroatoms. The fraction of sp³-hybridized carbons (Fsp3) is 0.238. The highest BCUT2D eigenvalue weighted by molar-refractivity contribution is 5.95. The van der Waals surface area contributed by atoms with E-state index in [1.54, 1.807) is 25.3 Å². The van der Waals surface area contributed by atoms with Crippen LogP contribution in [0, 0.1) is 0 Å². The van der Waals surface area contributed by atoms with Gasteiger partial charge in [0.2, 0.25) is 5.91 Å². The summed E-state index contributed by atoms with van der Waals surface area (Å²) in [6.07, 6.45) is 5.34. The molecule has 26 heavy (non-hydrogen) atoms. The summed E-state index contributed by atoms with van der Waals surface area (Å²) in [5.41, 5.74) is 2.41. The SMILES string of the molecule is COc1ccccc1CNC(=O)/C=C/c1ccc(C(=O)NC2CC2)cc1. The molecule has 0 aliphatic heterocycles. The standard InChI is InChI=1S/C21H22N2O3/c1-26-19-5-3-2-4-17(19)14-22-20(24)13-8-15-6-9-16(10-7-15)21(25)23-18-11-12-18/h2-10,13,18H,11-12,14H2,1H3,(H,22,24)(H,23,25)/b13-8+. The Hall–Kier alpha value is -3.08. The van der Waals surface area contributed by atoms with E-state index in [1.165, 1.54) is 6.08 Å². The molecule has 1 aliphatic carbocycles. The highest BCUT2D eigenvalue weighted by Crippen LogP contribution is 2.19. The van der Waals surface area contributed by atoms with E-state index in [1.807, 2.05) is 36.4 Å². The van der Waals surface area contributed by atoms with Gasteiger partial charge in [0, 0.05) is 29.8 Å². The Morgan fingerprint density at radius 2 is 1.85 bits per heavy atom. The first-order valence-electron chi connectivity index (χ1n) is 8.64. The van der Waals surface area contributed by atoms with Crippen LogP contribution in [0.5, 0.6) is 5.75 Å². The zero-order chi connectivity index (χ0) is 18.4. The van der Waals surface area contributed by atoms with Crippen LogP contribution in [0.4, 0.5) is 0 Å². The molecule has 1 saturated carbocycles. The highest BCUT2D eigenvalue weighted by Gasteiger charge is 2.23. The fourth-order valence-electron chi connectivity index (χ4n) is 2.50. The molecule has 5 nitrogen and oxygen atoms in total. The van der Waals surface area contributed by atoms with Gasteiger partial charge in [0.15, 0.2) is 0 Å². The number of carbonyl (C=O) groups excluding carboxylic acids is 2. The van der Waals surface area contributed by atoms with Crippen LogP contribution in [0.2, 0.25) is 0 Å². The zero-order valence-corrected chi connectivity index (χ0v) is 14.7. The van der Waals surface area contributed by atoms with E-state index >= 15 is 0 Å². The summed E-state index contributed by atoms with van der Waals surface area (Å²) in [5.74, 6) is 0.515. The van der Waals surface area contributed by atoms with Crippen molar-refractivity contribution in [1.29, 1.82) is 0 Å². The van der Waals surface area contributed by atoms with Crippen molar-refractivity contribution in [2.24, 2.45) is 0 Å². The second-order valence-corrected chi connectivity index (χ2v) is 6.23. The number of benzene rings is 2. The Labute approximate surface area is 153 Å².